The minimum atomic E-state index is -4.48. The third-order valence-corrected chi connectivity index (χ3v) is 4.82. The van der Waals surface area contributed by atoms with Crippen molar-refractivity contribution < 1.29 is 53.9 Å². The smallest absolute Gasteiger partial charge is 0.325 e. The number of hydrogen-bond acceptors (Lipinski definition) is 7. The van der Waals surface area contributed by atoms with E-state index in [4.69, 9.17) is 24.7 Å². The molecule has 0 aliphatic carbocycles. The first-order chi connectivity index (χ1) is 10.3. The molecule has 0 saturated heterocycles. The lowest BCUT2D eigenvalue weighted by atomic mass is 9.91. The van der Waals surface area contributed by atoms with Crippen LogP contribution < -0.4 is 0 Å². The number of rotatable bonds is 11. The molecule has 0 rings (SSSR count). The Balaban J connectivity index is 5.04. The molecule has 13 heteroatoms. The van der Waals surface area contributed by atoms with E-state index >= 15 is 0 Å². The molecular formula is C10H22O11P2. The Morgan fingerprint density at radius 1 is 0.870 bits per heavy atom. The van der Waals surface area contributed by atoms with Crippen LogP contribution in [-0.2, 0) is 13.9 Å². The van der Waals surface area contributed by atoms with E-state index in [1.165, 1.54) is 0 Å². The maximum Gasteiger partial charge on any atom is 0.325 e. The fraction of sp³-hybridized carbons (Fsp3) is 0.900. The predicted octanol–water partition coefficient (Wildman–Crippen LogP) is -2.62. The van der Waals surface area contributed by atoms with Gasteiger partial charge in [0.05, 0.1) is 18.9 Å². The molecule has 3 atom stereocenters. The summed E-state index contributed by atoms with van der Waals surface area (Å²) in [5.41, 5.74) is 0. The van der Waals surface area contributed by atoms with E-state index in [0.717, 1.165) is 0 Å². The van der Waals surface area contributed by atoms with Crippen LogP contribution in [0.5, 0.6) is 0 Å². The first kappa shape index (κ1) is 22.8. The standard InChI is InChI=1S/C10H22O11P2/c11-5-7(12)9(14)10(15)8(13)6(1-3-22(16,17)18)2-4-23(19,20)21/h6-7,9-12,14-15H,1-5H2,(H2,16,17,18)(H2,19,20,21)/t7-,9-,10+/m1/s1. The molecule has 0 unspecified atom stereocenters. The van der Waals surface area contributed by atoms with Gasteiger partial charge in [-0.25, -0.2) is 0 Å². The van der Waals surface area contributed by atoms with Gasteiger partial charge in [-0.15, -0.1) is 0 Å². The number of aliphatic hydroxyl groups is 4. The Kier molecular flexibility index (Phi) is 9.26. The quantitative estimate of drug-likeness (QED) is 0.174. The van der Waals surface area contributed by atoms with Crippen molar-refractivity contribution in [3.05, 3.63) is 0 Å². The highest BCUT2D eigenvalue weighted by Crippen LogP contribution is 2.40. The van der Waals surface area contributed by atoms with Crippen LogP contribution in [0.1, 0.15) is 12.8 Å². The Hall–Kier alpha value is -0.190. The second kappa shape index (κ2) is 9.33. The average Bonchev–Trinajstić information content (AvgIpc) is 2.41. The Morgan fingerprint density at radius 2 is 1.26 bits per heavy atom. The molecule has 0 aromatic rings. The molecule has 0 spiro atoms. The highest BCUT2D eigenvalue weighted by Gasteiger charge is 2.35. The van der Waals surface area contributed by atoms with Gasteiger partial charge in [0.2, 0.25) is 0 Å². The third-order valence-electron chi connectivity index (χ3n) is 3.14. The fourth-order valence-electron chi connectivity index (χ4n) is 1.81. The molecule has 11 nitrogen and oxygen atoms in total. The molecule has 0 aliphatic heterocycles. The van der Waals surface area contributed by atoms with Crippen LogP contribution in [-0.4, -0.2) is 83.0 Å². The topological polar surface area (TPSA) is 213 Å². The zero-order valence-electron chi connectivity index (χ0n) is 12.0. The molecule has 0 saturated carbocycles. The van der Waals surface area contributed by atoms with E-state index in [9.17, 15) is 29.2 Å². The summed E-state index contributed by atoms with van der Waals surface area (Å²) >= 11 is 0. The van der Waals surface area contributed by atoms with E-state index in [-0.39, 0.29) is 0 Å². The molecule has 0 bridgehead atoms. The van der Waals surface area contributed by atoms with Crippen LogP contribution in [0.4, 0.5) is 0 Å². The second-order valence-electron chi connectivity index (χ2n) is 5.14. The average molecular weight is 380 g/mol. The van der Waals surface area contributed by atoms with Gasteiger partial charge in [-0.1, -0.05) is 0 Å². The van der Waals surface area contributed by atoms with Crippen LogP contribution in [0.3, 0.4) is 0 Å². The molecule has 0 aromatic heterocycles. The summed E-state index contributed by atoms with van der Waals surface area (Å²) in [6.45, 7) is -0.943. The number of carbonyl (C=O) groups is 1. The van der Waals surface area contributed by atoms with E-state index in [2.05, 4.69) is 0 Å². The molecule has 0 heterocycles. The maximum absolute atomic E-state index is 12.0. The van der Waals surface area contributed by atoms with Crippen molar-refractivity contribution in [1.82, 2.24) is 0 Å². The Labute approximate surface area is 131 Å². The zero-order valence-corrected chi connectivity index (χ0v) is 13.8. The SMILES string of the molecule is O=C(C(CCP(=O)(O)O)CCP(=O)(O)O)[C@H](O)[C@H](O)[C@H](O)CO. The largest absolute Gasteiger partial charge is 0.394 e. The van der Waals surface area contributed by atoms with E-state index in [1.807, 2.05) is 0 Å². The Morgan fingerprint density at radius 3 is 1.57 bits per heavy atom. The molecule has 0 radical (unpaired) electrons. The summed E-state index contributed by atoms with van der Waals surface area (Å²) in [6.07, 6.45) is -8.48. The molecule has 0 amide bonds. The van der Waals surface area contributed by atoms with Gasteiger partial charge in [-0.2, -0.15) is 0 Å². The number of aliphatic hydroxyl groups excluding tert-OH is 4. The lowest BCUT2D eigenvalue weighted by Crippen LogP contribution is -2.46. The summed E-state index contributed by atoms with van der Waals surface area (Å²) in [5.74, 6) is -2.47. The highest BCUT2D eigenvalue weighted by molar-refractivity contribution is 7.52. The van der Waals surface area contributed by atoms with Crippen molar-refractivity contribution in [3.8, 4) is 0 Å². The lowest BCUT2D eigenvalue weighted by molar-refractivity contribution is -0.144. The lowest BCUT2D eigenvalue weighted by Gasteiger charge is -2.25. The van der Waals surface area contributed by atoms with Crippen molar-refractivity contribution in [2.75, 3.05) is 18.9 Å². The summed E-state index contributed by atoms with van der Waals surface area (Å²) in [5, 5.41) is 37.0. The van der Waals surface area contributed by atoms with Gasteiger partial charge in [0.1, 0.15) is 18.3 Å². The van der Waals surface area contributed by atoms with Crippen molar-refractivity contribution in [2.24, 2.45) is 5.92 Å². The first-order valence-corrected chi connectivity index (χ1v) is 10.2. The van der Waals surface area contributed by atoms with Gasteiger partial charge >= 0.3 is 15.2 Å². The van der Waals surface area contributed by atoms with Gasteiger partial charge in [-0.05, 0) is 12.8 Å². The summed E-state index contributed by atoms with van der Waals surface area (Å²) < 4.78 is 21.7. The van der Waals surface area contributed by atoms with E-state index < -0.39 is 77.0 Å². The van der Waals surface area contributed by atoms with Gasteiger partial charge < -0.3 is 40.0 Å². The van der Waals surface area contributed by atoms with Crippen LogP contribution in [0, 0.1) is 5.92 Å². The summed E-state index contributed by atoms with van der Waals surface area (Å²) in [7, 11) is -8.96. The van der Waals surface area contributed by atoms with Crippen molar-refractivity contribution in [1.29, 1.82) is 0 Å². The monoisotopic (exact) mass is 380 g/mol. The highest BCUT2D eigenvalue weighted by atomic mass is 31.2. The summed E-state index contributed by atoms with van der Waals surface area (Å²) in [6, 6.07) is 0. The normalized spacial score (nSPS) is 17.1. The van der Waals surface area contributed by atoms with Gasteiger partial charge in [0.25, 0.3) is 0 Å². The van der Waals surface area contributed by atoms with Crippen molar-refractivity contribution in [2.45, 2.75) is 31.2 Å². The molecule has 23 heavy (non-hydrogen) atoms. The Bertz CT molecular complexity index is 443. The van der Waals surface area contributed by atoms with Crippen LogP contribution in [0.15, 0.2) is 0 Å². The van der Waals surface area contributed by atoms with Crippen LogP contribution in [0.2, 0.25) is 0 Å². The third kappa shape index (κ3) is 9.63. The predicted molar refractivity (Wildman–Crippen MR) is 76.7 cm³/mol. The number of Topliss-reactive ketones (excluding diaryl/α,β-unsaturated/α-hetero) is 1. The molecule has 0 aromatic carbocycles. The number of ketones is 1. The molecule has 0 aliphatic rings. The summed E-state index contributed by atoms with van der Waals surface area (Å²) in [4.78, 5) is 47.3. The molecule has 8 N–H and O–H groups in total. The van der Waals surface area contributed by atoms with Crippen molar-refractivity contribution in [3.63, 3.8) is 0 Å². The number of carbonyl (C=O) groups excluding carboxylic acids is 1. The van der Waals surface area contributed by atoms with E-state index in [0.29, 0.717) is 0 Å². The molecule has 138 valence electrons. The first-order valence-electron chi connectivity index (χ1n) is 6.56. The fourth-order valence-corrected chi connectivity index (χ4v) is 3.10. The van der Waals surface area contributed by atoms with Crippen molar-refractivity contribution >= 4 is 21.0 Å². The van der Waals surface area contributed by atoms with Gasteiger partial charge in [0, 0.05) is 5.92 Å². The van der Waals surface area contributed by atoms with Crippen LogP contribution >= 0.6 is 15.2 Å². The van der Waals surface area contributed by atoms with E-state index in [1.54, 1.807) is 0 Å². The minimum absolute atomic E-state index is 0.470. The van der Waals surface area contributed by atoms with Crippen LogP contribution in [0.25, 0.3) is 0 Å². The number of hydrogen-bond donors (Lipinski definition) is 8. The zero-order chi connectivity index (χ0) is 18.4. The molecule has 0 fully saturated rings. The minimum Gasteiger partial charge on any atom is -0.394 e. The second-order valence-corrected chi connectivity index (χ2v) is 8.69. The molecular weight excluding hydrogens is 358 g/mol. The van der Waals surface area contributed by atoms with Gasteiger partial charge in [0.15, 0.2) is 5.78 Å². The van der Waals surface area contributed by atoms with Gasteiger partial charge in [-0.3, -0.25) is 13.9 Å². The maximum atomic E-state index is 12.0.